The second kappa shape index (κ2) is 4.44. The second-order valence-corrected chi connectivity index (χ2v) is 3.52. The van der Waals surface area contributed by atoms with Gasteiger partial charge in [0, 0.05) is 6.61 Å². The predicted molar refractivity (Wildman–Crippen MR) is 55.7 cm³/mol. The molecule has 6 heteroatoms. The number of ether oxygens (including phenoxy) is 2. The lowest BCUT2D eigenvalue weighted by Crippen LogP contribution is -2.13. The van der Waals surface area contributed by atoms with Gasteiger partial charge < -0.3 is 15.2 Å². The monoisotopic (exact) mass is 223 g/mol. The van der Waals surface area contributed by atoms with Crippen LogP contribution in [-0.4, -0.2) is 29.7 Å². The van der Waals surface area contributed by atoms with Gasteiger partial charge in [-0.05, 0) is 12.8 Å². The Morgan fingerprint density at radius 3 is 3.12 bits per heavy atom. The highest BCUT2D eigenvalue weighted by atomic mass is 16.5. The number of nitrogens with zero attached hydrogens (tertiary/aromatic N) is 2. The van der Waals surface area contributed by atoms with Crippen LogP contribution in [0.25, 0.3) is 0 Å². The topological polar surface area (TPSA) is 87.3 Å². The van der Waals surface area contributed by atoms with E-state index in [4.69, 9.17) is 10.5 Å². The normalized spacial score (nSPS) is 19.7. The first-order valence-corrected chi connectivity index (χ1v) is 5.04. The highest BCUT2D eigenvalue weighted by Crippen LogP contribution is 2.27. The quantitative estimate of drug-likeness (QED) is 0.742. The van der Waals surface area contributed by atoms with Crippen molar-refractivity contribution in [2.24, 2.45) is 0 Å². The largest absolute Gasteiger partial charge is 0.464 e. The van der Waals surface area contributed by atoms with E-state index in [-0.39, 0.29) is 17.6 Å². The lowest BCUT2D eigenvalue weighted by Gasteiger charge is -2.10. The lowest BCUT2D eigenvalue weighted by atomic mass is 10.2. The number of carbonyl (C=O) groups is 1. The molecule has 1 unspecified atom stereocenters. The molecule has 0 aromatic carbocycles. The molecule has 0 amide bonds. The highest BCUT2D eigenvalue weighted by molar-refractivity contribution is 5.91. The summed E-state index contributed by atoms with van der Waals surface area (Å²) in [5.74, 6) is -0.501. The van der Waals surface area contributed by atoms with Crippen LogP contribution in [0, 0.1) is 0 Å². The van der Waals surface area contributed by atoms with Gasteiger partial charge in [-0.25, -0.2) is 14.8 Å². The molecule has 1 fully saturated rings. The number of nitrogens with two attached hydrogens (primary N) is 1. The Morgan fingerprint density at radius 1 is 1.69 bits per heavy atom. The van der Waals surface area contributed by atoms with Gasteiger partial charge in [0.2, 0.25) is 0 Å². The summed E-state index contributed by atoms with van der Waals surface area (Å²) in [5, 5.41) is 0. The number of anilines is 1. The van der Waals surface area contributed by atoms with E-state index in [0.29, 0.717) is 12.3 Å². The van der Waals surface area contributed by atoms with Gasteiger partial charge in [0.05, 0.1) is 19.0 Å². The third-order valence-electron chi connectivity index (χ3n) is 2.46. The molecule has 1 aliphatic rings. The van der Waals surface area contributed by atoms with E-state index < -0.39 is 5.97 Å². The van der Waals surface area contributed by atoms with Gasteiger partial charge in [-0.2, -0.15) is 0 Å². The minimum Gasteiger partial charge on any atom is -0.464 e. The van der Waals surface area contributed by atoms with Gasteiger partial charge in [0.15, 0.2) is 11.5 Å². The summed E-state index contributed by atoms with van der Waals surface area (Å²) < 4.78 is 10.0. The number of hydrogen-bond donors (Lipinski definition) is 1. The fourth-order valence-electron chi connectivity index (χ4n) is 1.62. The Kier molecular flexibility index (Phi) is 3.00. The van der Waals surface area contributed by atoms with Crippen LogP contribution >= 0.6 is 0 Å². The Bertz CT molecular complexity index is 402. The van der Waals surface area contributed by atoms with Crippen LogP contribution < -0.4 is 5.73 Å². The lowest BCUT2D eigenvalue weighted by molar-refractivity contribution is 0.0592. The molecule has 0 saturated carbocycles. The SMILES string of the molecule is COC(=O)c1nc(C2CCCO2)cnc1N. The van der Waals surface area contributed by atoms with Gasteiger partial charge in [-0.1, -0.05) is 0 Å². The Labute approximate surface area is 92.8 Å². The van der Waals surface area contributed by atoms with Crippen molar-refractivity contribution < 1.29 is 14.3 Å². The first-order valence-electron chi connectivity index (χ1n) is 5.04. The molecule has 0 aliphatic carbocycles. The smallest absolute Gasteiger partial charge is 0.360 e. The number of carbonyl (C=O) groups excluding carboxylic acids is 1. The van der Waals surface area contributed by atoms with Crippen molar-refractivity contribution in [3.63, 3.8) is 0 Å². The number of aromatic nitrogens is 2. The Balaban J connectivity index is 2.30. The van der Waals surface area contributed by atoms with E-state index in [2.05, 4.69) is 14.7 Å². The summed E-state index contributed by atoms with van der Waals surface area (Å²) in [4.78, 5) is 19.4. The van der Waals surface area contributed by atoms with Crippen LogP contribution in [0.1, 0.15) is 35.1 Å². The molecule has 86 valence electrons. The van der Waals surface area contributed by atoms with E-state index in [1.807, 2.05) is 0 Å². The van der Waals surface area contributed by atoms with Crippen LogP contribution in [0.5, 0.6) is 0 Å². The Hall–Kier alpha value is -1.69. The number of rotatable bonds is 2. The van der Waals surface area contributed by atoms with Gasteiger partial charge in [0.1, 0.15) is 6.10 Å². The molecule has 0 spiro atoms. The zero-order chi connectivity index (χ0) is 11.5. The summed E-state index contributed by atoms with van der Waals surface area (Å²) in [5.41, 5.74) is 6.23. The fraction of sp³-hybridized carbons (Fsp3) is 0.500. The molecule has 2 rings (SSSR count). The van der Waals surface area contributed by atoms with Gasteiger partial charge in [-0.15, -0.1) is 0 Å². The van der Waals surface area contributed by atoms with Crippen molar-refractivity contribution in [1.82, 2.24) is 9.97 Å². The molecule has 0 radical (unpaired) electrons. The van der Waals surface area contributed by atoms with Crippen LogP contribution in [0.4, 0.5) is 5.82 Å². The zero-order valence-corrected chi connectivity index (χ0v) is 8.97. The molecule has 16 heavy (non-hydrogen) atoms. The predicted octanol–water partition coefficient (Wildman–Crippen LogP) is 0.697. The summed E-state index contributed by atoms with van der Waals surface area (Å²) in [6.45, 7) is 0.713. The van der Waals surface area contributed by atoms with Gasteiger partial charge in [0.25, 0.3) is 0 Å². The zero-order valence-electron chi connectivity index (χ0n) is 8.97. The van der Waals surface area contributed by atoms with Crippen LogP contribution in [0.15, 0.2) is 6.20 Å². The minimum absolute atomic E-state index is 0.0514. The molecule has 0 bridgehead atoms. The molecule has 6 nitrogen and oxygen atoms in total. The molecular weight excluding hydrogens is 210 g/mol. The molecule has 1 aromatic rings. The molecule has 2 heterocycles. The maximum Gasteiger partial charge on any atom is 0.360 e. The first-order chi connectivity index (χ1) is 7.72. The van der Waals surface area contributed by atoms with E-state index >= 15 is 0 Å². The molecule has 1 atom stereocenters. The summed E-state index contributed by atoms with van der Waals surface area (Å²) >= 11 is 0. The van der Waals surface area contributed by atoms with E-state index in [1.54, 1.807) is 0 Å². The average molecular weight is 223 g/mol. The average Bonchev–Trinajstić information content (AvgIpc) is 2.82. The standard InChI is InChI=1S/C10H13N3O3/c1-15-10(14)8-9(11)12-5-6(13-8)7-3-2-4-16-7/h5,7H,2-4H2,1H3,(H2,11,12). The van der Waals surface area contributed by atoms with Crippen molar-refractivity contribution in [1.29, 1.82) is 0 Å². The van der Waals surface area contributed by atoms with Crippen molar-refractivity contribution in [3.8, 4) is 0 Å². The molecule has 1 aromatic heterocycles. The number of hydrogen-bond acceptors (Lipinski definition) is 6. The highest BCUT2D eigenvalue weighted by Gasteiger charge is 2.22. The van der Waals surface area contributed by atoms with E-state index in [0.717, 1.165) is 12.8 Å². The van der Waals surface area contributed by atoms with Gasteiger partial charge >= 0.3 is 5.97 Å². The van der Waals surface area contributed by atoms with Crippen LogP contribution in [0.3, 0.4) is 0 Å². The van der Waals surface area contributed by atoms with E-state index in [9.17, 15) is 4.79 Å². The molecular formula is C10H13N3O3. The summed E-state index contributed by atoms with van der Waals surface area (Å²) in [6, 6.07) is 0. The molecule has 1 aliphatic heterocycles. The van der Waals surface area contributed by atoms with Crippen molar-refractivity contribution in [2.75, 3.05) is 19.5 Å². The minimum atomic E-state index is -0.579. The Morgan fingerprint density at radius 2 is 2.50 bits per heavy atom. The molecule has 1 saturated heterocycles. The second-order valence-electron chi connectivity index (χ2n) is 3.52. The van der Waals surface area contributed by atoms with Crippen molar-refractivity contribution >= 4 is 11.8 Å². The van der Waals surface area contributed by atoms with E-state index in [1.165, 1.54) is 13.3 Å². The number of methoxy groups -OCH3 is 1. The van der Waals surface area contributed by atoms with Crippen molar-refractivity contribution in [3.05, 3.63) is 17.6 Å². The molecule has 2 N–H and O–H groups in total. The van der Waals surface area contributed by atoms with Gasteiger partial charge in [-0.3, -0.25) is 0 Å². The maximum atomic E-state index is 11.4. The summed E-state index contributed by atoms with van der Waals surface area (Å²) in [7, 11) is 1.28. The number of esters is 1. The summed E-state index contributed by atoms with van der Waals surface area (Å²) in [6.07, 6.45) is 3.33. The third-order valence-corrected chi connectivity index (χ3v) is 2.46. The fourth-order valence-corrected chi connectivity index (χ4v) is 1.62. The first kappa shape index (κ1) is 10.8. The van der Waals surface area contributed by atoms with Crippen molar-refractivity contribution in [2.45, 2.75) is 18.9 Å². The van der Waals surface area contributed by atoms with Crippen LogP contribution in [-0.2, 0) is 9.47 Å². The van der Waals surface area contributed by atoms with Crippen LogP contribution in [0.2, 0.25) is 0 Å². The third kappa shape index (κ3) is 1.96. The maximum absolute atomic E-state index is 11.4. The number of nitrogen functional groups attached to an aromatic ring is 1.